The van der Waals surface area contributed by atoms with Crippen LogP contribution in [-0.4, -0.2) is 25.7 Å². The zero-order valence-electron chi connectivity index (χ0n) is 10.9. The molecule has 0 saturated carbocycles. The van der Waals surface area contributed by atoms with Crippen LogP contribution in [0.1, 0.15) is 29.3 Å². The fourth-order valence-corrected chi connectivity index (χ4v) is 3.20. The number of carbonyl (C=O) groups excluding carboxylic acids is 1. The third-order valence-corrected chi connectivity index (χ3v) is 4.02. The number of nitrogens with zero attached hydrogens (tertiary/aromatic N) is 1. The Labute approximate surface area is 116 Å². The first-order valence-electron chi connectivity index (χ1n) is 6.39. The molecule has 2 heterocycles. The summed E-state index contributed by atoms with van der Waals surface area (Å²) < 4.78 is 5.19. The predicted molar refractivity (Wildman–Crippen MR) is 74.2 cm³/mol. The van der Waals surface area contributed by atoms with E-state index in [1.165, 1.54) is 11.3 Å². The van der Waals surface area contributed by atoms with Crippen LogP contribution in [-0.2, 0) is 22.5 Å². The number of hydrogen-bond donors (Lipinski definition) is 2. The van der Waals surface area contributed by atoms with E-state index < -0.39 is 0 Å². The van der Waals surface area contributed by atoms with Crippen molar-refractivity contribution in [2.75, 3.05) is 25.1 Å². The van der Waals surface area contributed by atoms with Crippen LogP contribution in [0.25, 0.3) is 0 Å². The van der Waals surface area contributed by atoms with Crippen LogP contribution in [0.4, 0.5) is 5.00 Å². The fraction of sp³-hybridized carbons (Fsp3) is 0.538. The van der Waals surface area contributed by atoms with Crippen LogP contribution < -0.4 is 10.6 Å². The van der Waals surface area contributed by atoms with E-state index in [2.05, 4.69) is 16.7 Å². The van der Waals surface area contributed by atoms with Gasteiger partial charge in [-0.3, -0.25) is 4.79 Å². The second-order valence-corrected chi connectivity index (χ2v) is 5.45. The van der Waals surface area contributed by atoms with E-state index in [-0.39, 0.29) is 12.5 Å². The number of nitrogens with one attached hydrogen (secondary N) is 2. The van der Waals surface area contributed by atoms with E-state index in [9.17, 15) is 10.1 Å². The Morgan fingerprint density at radius 3 is 3.21 bits per heavy atom. The highest BCUT2D eigenvalue weighted by atomic mass is 32.1. The van der Waals surface area contributed by atoms with E-state index in [4.69, 9.17) is 4.74 Å². The molecular formula is C13H17N3O2S. The summed E-state index contributed by atoms with van der Waals surface area (Å²) in [5.74, 6) is -0.198. The molecule has 1 aliphatic heterocycles. The Kier molecular flexibility index (Phi) is 4.91. The van der Waals surface area contributed by atoms with Crippen LogP contribution in [0, 0.1) is 11.3 Å². The van der Waals surface area contributed by atoms with Gasteiger partial charge in [0.15, 0.2) is 0 Å². The number of rotatable bonds is 5. The minimum atomic E-state index is -0.198. The third kappa shape index (κ3) is 3.32. The van der Waals surface area contributed by atoms with E-state index in [0.717, 1.165) is 36.4 Å². The van der Waals surface area contributed by atoms with Crippen molar-refractivity contribution in [1.29, 1.82) is 5.26 Å². The van der Waals surface area contributed by atoms with Crippen molar-refractivity contribution in [3.8, 4) is 6.07 Å². The molecule has 0 saturated heterocycles. The predicted octanol–water partition coefficient (Wildman–Crippen LogP) is 1.63. The van der Waals surface area contributed by atoms with Crippen molar-refractivity contribution >= 4 is 22.2 Å². The highest BCUT2D eigenvalue weighted by Gasteiger charge is 2.21. The number of hydrogen-bond acceptors (Lipinski definition) is 5. The molecule has 2 rings (SSSR count). The molecule has 0 fully saturated rings. The van der Waals surface area contributed by atoms with Crippen molar-refractivity contribution in [1.82, 2.24) is 5.32 Å². The van der Waals surface area contributed by atoms with Gasteiger partial charge >= 0.3 is 0 Å². The minimum absolute atomic E-state index is 0.0412. The average Bonchev–Trinajstić information content (AvgIpc) is 2.76. The molecule has 1 aromatic heterocycles. The molecule has 102 valence electrons. The van der Waals surface area contributed by atoms with Gasteiger partial charge in [0.05, 0.1) is 5.56 Å². The van der Waals surface area contributed by atoms with E-state index >= 15 is 0 Å². The lowest BCUT2D eigenvalue weighted by Crippen LogP contribution is -2.22. The molecule has 6 heteroatoms. The normalized spacial score (nSPS) is 13.7. The number of carbonyl (C=O) groups is 1. The minimum Gasteiger partial charge on any atom is -0.372 e. The smallest absolute Gasteiger partial charge is 0.251 e. The molecule has 1 aliphatic rings. The SMILES string of the molecule is CCCOCC(=O)Nc1sc2c(c1C#N)CCNC2. The highest BCUT2D eigenvalue weighted by Crippen LogP contribution is 2.34. The fourth-order valence-electron chi connectivity index (χ4n) is 2.01. The second-order valence-electron chi connectivity index (χ2n) is 4.35. The molecule has 1 aromatic rings. The zero-order chi connectivity index (χ0) is 13.7. The van der Waals surface area contributed by atoms with Gasteiger partial charge < -0.3 is 15.4 Å². The first-order chi connectivity index (χ1) is 9.26. The summed E-state index contributed by atoms with van der Waals surface area (Å²) >= 11 is 1.48. The highest BCUT2D eigenvalue weighted by molar-refractivity contribution is 7.16. The van der Waals surface area contributed by atoms with Crippen molar-refractivity contribution < 1.29 is 9.53 Å². The number of amides is 1. The van der Waals surface area contributed by atoms with Crippen molar-refractivity contribution in [2.45, 2.75) is 26.3 Å². The molecule has 0 atom stereocenters. The van der Waals surface area contributed by atoms with Gasteiger partial charge in [-0.05, 0) is 24.9 Å². The van der Waals surface area contributed by atoms with Gasteiger partial charge in [-0.1, -0.05) is 6.92 Å². The molecule has 0 radical (unpaired) electrons. The van der Waals surface area contributed by atoms with Gasteiger partial charge in [-0.15, -0.1) is 11.3 Å². The maximum atomic E-state index is 11.7. The molecule has 0 aromatic carbocycles. The summed E-state index contributed by atoms with van der Waals surface area (Å²) in [7, 11) is 0. The Morgan fingerprint density at radius 1 is 1.63 bits per heavy atom. The standard InChI is InChI=1S/C13H17N3O2S/c1-2-5-18-8-12(17)16-13-10(6-14)9-3-4-15-7-11(9)19-13/h15H,2-5,7-8H2,1H3,(H,16,17). The van der Waals surface area contributed by atoms with Gasteiger partial charge in [0.25, 0.3) is 5.91 Å². The van der Waals surface area contributed by atoms with Crippen molar-refractivity contribution in [3.05, 3.63) is 16.0 Å². The van der Waals surface area contributed by atoms with Gasteiger partial charge in [0.1, 0.15) is 17.7 Å². The lowest BCUT2D eigenvalue weighted by Gasteiger charge is -2.11. The maximum absolute atomic E-state index is 11.7. The van der Waals surface area contributed by atoms with Crippen LogP contribution in [0.3, 0.4) is 0 Å². The molecule has 5 nitrogen and oxygen atoms in total. The lowest BCUT2D eigenvalue weighted by atomic mass is 10.1. The Hall–Kier alpha value is -1.42. The van der Waals surface area contributed by atoms with Gasteiger partial charge in [-0.25, -0.2) is 0 Å². The van der Waals surface area contributed by atoms with E-state index in [0.29, 0.717) is 17.2 Å². The first kappa shape index (κ1) is 14.0. The molecule has 0 bridgehead atoms. The lowest BCUT2D eigenvalue weighted by molar-refractivity contribution is -0.120. The number of ether oxygens (including phenoxy) is 1. The molecule has 0 unspecified atom stereocenters. The molecular weight excluding hydrogens is 262 g/mol. The molecule has 1 amide bonds. The quantitative estimate of drug-likeness (QED) is 0.803. The molecule has 0 spiro atoms. The summed E-state index contributed by atoms with van der Waals surface area (Å²) in [6.07, 6.45) is 1.73. The summed E-state index contributed by atoms with van der Waals surface area (Å²) in [5, 5.41) is 15.9. The monoisotopic (exact) mass is 279 g/mol. The summed E-state index contributed by atoms with van der Waals surface area (Å²) in [4.78, 5) is 12.9. The number of thiophene rings is 1. The van der Waals surface area contributed by atoms with Gasteiger partial charge in [0, 0.05) is 18.0 Å². The number of fused-ring (bicyclic) bond motifs is 1. The van der Waals surface area contributed by atoms with E-state index in [1.54, 1.807) is 0 Å². The summed E-state index contributed by atoms with van der Waals surface area (Å²) in [5.41, 5.74) is 1.70. The summed E-state index contributed by atoms with van der Waals surface area (Å²) in [6, 6.07) is 2.20. The largest absolute Gasteiger partial charge is 0.372 e. The van der Waals surface area contributed by atoms with Crippen LogP contribution in [0.2, 0.25) is 0 Å². The Bertz CT molecular complexity index is 505. The number of anilines is 1. The van der Waals surface area contributed by atoms with Crippen molar-refractivity contribution in [2.24, 2.45) is 0 Å². The Balaban J connectivity index is 2.06. The van der Waals surface area contributed by atoms with Crippen molar-refractivity contribution in [3.63, 3.8) is 0 Å². The van der Waals surface area contributed by atoms with Gasteiger partial charge in [-0.2, -0.15) is 5.26 Å². The Morgan fingerprint density at radius 2 is 2.47 bits per heavy atom. The first-order valence-corrected chi connectivity index (χ1v) is 7.20. The number of nitriles is 1. The van der Waals surface area contributed by atoms with Crippen LogP contribution in [0.5, 0.6) is 0 Å². The molecule has 2 N–H and O–H groups in total. The third-order valence-electron chi connectivity index (χ3n) is 2.87. The van der Waals surface area contributed by atoms with E-state index in [1.807, 2.05) is 6.92 Å². The molecule has 0 aliphatic carbocycles. The van der Waals surface area contributed by atoms with Crippen LogP contribution >= 0.6 is 11.3 Å². The molecule has 19 heavy (non-hydrogen) atoms. The second kappa shape index (κ2) is 6.66. The maximum Gasteiger partial charge on any atom is 0.251 e. The average molecular weight is 279 g/mol. The zero-order valence-corrected chi connectivity index (χ0v) is 11.7. The topological polar surface area (TPSA) is 74.1 Å². The van der Waals surface area contributed by atoms with Gasteiger partial charge in [0.2, 0.25) is 0 Å². The summed E-state index contributed by atoms with van der Waals surface area (Å²) in [6.45, 7) is 4.26. The van der Waals surface area contributed by atoms with Crippen LogP contribution in [0.15, 0.2) is 0 Å².